The number of anilines is 4. The molecule has 0 bridgehead atoms. The van der Waals surface area contributed by atoms with Gasteiger partial charge in [0.05, 0.1) is 38.7 Å². The number of ether oxygens (including phenoxy) is 4. The van der Waals surface area contributed by atoms with E-state index in [9.17, 15) is 18.7 Å². The standard InChI is InChI=1S/C26H27ClF2N4O6/c1-36-21-11-17(12-22(37-2)23(21)38-3)31-20-10-15(13-30-24(20)33-9-8-18(34)14-33)25(35)32-16-4-6-19(7-5-16)39-26(27,28)29/h4-7,10-13,18,31,34H,8-9,14H2,1-3H3,(H,32,35)/t18-/m1/s1. The Morgan fingerprint density at radius 3 is 2.28 bits per heavy atom. The molecule has 1 fully saturated rings. The molecule has 0 radical (unpaired) electrons. The van der Waals surface area contributed by atoms with Gasteiger partial charge in [-0.25, -0.2) is 4.98 Å². The van der Waals surface area contributed by atoms with Crippen molar-refractivity contribution in [2.75, 3.05) is 50.0 Å². The molecule has 208 valence electrons. The fourth-order valence-electron chi connectivity index (χ4n) is 4.11. The van der Waals surface area contributed by atoms with Gasteiger partial charge in [-0.2, -0.15) is 0 Å². The first-order valence-electron chi connectivity index (χ1n) is 11.8. The summed E-state index contributed by atoms with van der Waals surface area (Å²) in [7, 11) is 4.51. The number of carbonyl (C=O) groups excluding carboxylic acids is 1. The minimum atomic E-state index is -3.84. The first kappa shape index (κ1) is 28.0. The number of hydrogen-bond acceptors (Lipinski definition) is 9. The highest BCUT2D eigenvalue weighted by atomic mass is 35.5. The van der Waals surface area contributed by atoms with Crippen molar-refractivity contribution < 1.29 is 37.6 Å². The van der Waals surface area contributed by atoms with Crippen LogP contribution in [-0.2, 0) is 0 Å². The number of hydrogen-bond donors (Lipinski definition) is 3. The molecule has 4 rings (SSSR count). The lowest BCUT2D eigenvalue weighted by atomic mass is 10.2. The third kappa shape index (κ3) is 6.89. The Bertz CT molecular complexity index is 1300. The zero-order chi connectivity index (χ0) is 28.2. The predicted octanol–water partition coefficient (Wildman–Crippen LogP) is 4.84. The van der Waals surface area contributed by atoms with Gasteiger partial charge in [0.1, 0.15) is 5.75 Å². The zero-order valence-electron chi connectivity index (χ0n) is 21.3. The second-order valence-corrected chi connectivity index (χ2v) is 8.99. The molecule has 3 N–H and O–H groups in total. The predicted molar refractivity (Wildman–Crippen MR) is 142 cm³/mol. The van der Waals surface area contributed by atoms with Gasteiger partial charge >= 0.3 is 5.57 Å². The van der Waals surface area contributed by atoms with Gasteiger partial charge in [0.2, 0.25) is 5.75 Å². The number of carbonyl (C=O) groups is 1. The third-order valence-corrected chi connectivity index (χ3v) is 5.96. The van der Waals surface area contributed by atoms with Crippen LogP contribution in [0.15, 0.2) is 48.7 Å². The Labute approximate surface area is 228 Å². The first-order valence-corrected chi connectivity index (χ1v) is 12.1. The largest absolute Gasteiger partial charge is 0.493 e. The van der Waals surface area contributed by atoms with Gasteiger partial charge in [0.25, 0.3) is 5.91 Å². The Balaban J connectivity index is 1.62. The van der Waals surface area contributed by atoms with Crippen LogP contribution in [0.4, 0.5) is 31.7 Å². The van der Waals surface area contributed by atoms with Crippen molar-refractivity contribution in [1.82, 2.24) is 4.98 Å². The van der Waals surface area contributed by atoms with E-state index in [4.69, 9.17) is 25.8 Å². The lowest BCUT2D eigenvalue weighted by molar-refractivity contribution is -0.0964. The van der Waals surface area contributed by atoms with E-state index in [0.29, 0.717) is 59.6 Å². The van der Waals surface area contributed by atoms with Crippen molar-refractivity contribution in [1.29, 1.82) is 0 Å². The van der Waals surface area contributed by atoms with E-state index in [0.717, 1.165) is 0 Å². The SMILES string of the molecule is COc1cc(Nc2cc(C(=O)Nc3ccc(OC(F)(F)Cl)cc3)cnc2N2CC[C@@H](O)C2)cc(OC)c1OC. The number of amides is 1. The number of pyridine rings is 1. The Kier molecular flexibility index (Phi) is 8.46. The van der Waals surface area contributed by atoms with Crippen LogP contribution in [-0.4, -0.2) is 62.1 Å². The number of aromatic nitrogens is 1. The van der Waals surface area contributed by atoms with Gasteiger partial charge in [0, 0.05) is 54.4 Å². The number of rotatable bonds is 10. The number of nitrogens with one attached hydrogen (secondary N) is 2. The van der Waals surface area contributed by atoms with Gasteiger partial charge in [-0.15, -0.1) is 8.78 Å². The molecule has 1 aromatic heterocycles. The zero-order valence-corrected chi connectivity index (χ0v) is 22.1. The number of β-amino-alcohol motifs (C(OH)–C–C–N with tert-alkyl or cyclic N) is 1. The number of methoxy groups -OCH3 is 3. The number of aliphatic hydroxyl groups excluding tert-OH is 1. The third-order valence-electron chi connectivity index (χ3n) is 5.88. The van der Waals surface area contributed by atoms with Crippen LogP contribution in [0, 0.1) is 0 Å². The summed E-state index contributed by atoms with van der Waals surface area (Å²) in [6.45, 7) is 0.970. The smallest absolute Gasteiger partial charge is 0.487 e. The van der Waals surface area contributed by atoms with E-state index in [2.05, 4.69) is 20.4 Å². The summed E-state index contributed by atoms with van der Waals surface area (Å²) < 4.78 is 46.2. The van der Waals surface area contributed by atoms with Crippen molar-refractivity contribution in [2.24, 2.45) is 0 Å². The molecule has 1 amide bonds. The lowest BCUT2D eigenvalue weighted by Crippen LogP contribution is -2.24. The summed E-state index contributed by atoms with van der Waals surface area (Å²) in [6, 6.07) is 10.4. The van der Waals surface area contributed by atoms with Gasteiger partial charge < -0.3 is 39.6 Å². The summed E-state index contributed by atoms with van der Waals surface area (Å²) in [5.41, 5.74) is -2.20. The normalized spacial score (nSPS) is 15.1. The van der Waals surface area contributed by atoms with Crippen LogP contribution in [0.3, 0.4) is 0 Å². The maximum absolute atomic E-state index is 13.0. The van der Waals surface area contributed by atoms with E-state index >= 15 is 0 Å². The van der Waals surface area contributed by atoms with E-state index in [1.54, 1.807) is 18.2 Å². The van der Waals surface area contributed by atoms with Crippen molar-refractivity contribution >= 4 is 40.4 Å². The average molecular weight is 565 g/mol. The maximum atomic E-state index is 13.0. The number of alkyl halides is 3. The number of halogens is 3. The van der Waals surface area contributed by atoms with E-state index in [-0.39, 0.29) is 11.3 Å². The minimum Gasteiger partial charge on any atom is -0.493 e. The molecule has 0 spiro atoms. The Morgan fingerprint density at radius 2 is 1.74 bits per heavy atom. The highest BCUT2D eigenvalue weighted by Gasteiger charge is 2.28. The Morgan fingerprint density at radius 1 is 1.08 bits per heavy atom. The molecule has 1 aliphatic heterocycles. The second kappa shape index (κ2) is 11.8. The van der Waals surface area contributed by atoms with Crippen LogP contribution >= 0.6 is 11.6 Å². The summed E-state index contributed by atoms with van der Waals surface area (Å²) in [5, 5.41) is 16.0. The van der Waals surface area contributed by atoms with E-state index in [1.807, 2.05) is 4.90 Å². The van der Waals surface area contributed by atoms with Crippen molar-refractivity contribution in [3.05, 3.63) is 54.2 Å². The van der Waals surface area contributed by atoms with Gasteiger partial charge in [-0.1, -0.05) is 0 Å². The van der Waals surface area contributed by atoms with Crippen molar-refractivity contribution in [3.63, 3.8) is 0 Å². The highest BCUT2D eigenvalue weighted by molar-refractivity contribution is 6.20. The minimum absolute atomic E-state index is 0.163. The summed E-state index contributed by atoms with van der Waals surface area (Å²) >= 11 is 4.79. The monoisotopic (exact) mass is 564 g/mol. The molecule has 2 heterocycles. The highest BCUT2D eigenvalue weighted by Crippen LogP contribution is 2.41. The number of benzene rings is 2. The fraction of sp³-hybridized carbons (Fsp3) is 0.308. The van der Waals surface area contributed by atoms with Gasteiger partial charge in [-0.05, 0) is 36.8 Å². The quantitative estimate of drug-likeness (QED) is 0.297. The summed E-state index contributed by atoms with van der Waals surface area (Å²) in [5.74, 6) is 1.17. The van der Waals surface area contributed by atoms with Crippen LogP contribution in [0.2, 0.25) is 0 Å². The molecule has 39 heavy (non-hydrogen) atoms. The van der Waals surface area contributed by atoms with E-state index in [1.165, 1.54) is 51.8 Å². The van der Waals surface area contributed by atoms with E-state index < -0.39 is 17.6 Å². The molecule has 0 unspecified atom stereocenters. The Hall–Kier alpha value is -4.03. The summed E-state index contributed by atoms with van der Waals surface area (Å²) in [6.07, 6.45) is 1.51. The molecule has 10 nitrogen and oxygen atoms in total. The molecule has 13 heteroatoms. The number of nitrogens with zero attached hydrogens (tertiary/aromatic N) is 2. The number of aliphatic hydroxyl groups is 1. The molecule has 0 aliphatic carbocycles. The van der Waals surface area contributed by atoms with Crippen LogP contribution in [0.25, 0.3) is 0 Å². The first-order chi connectivity index (χ1) is 18.6. The average Bonchev–Trinajstić information content (AvgIpc) is 3.34. The van der Waals surface area contributed by atoms with Crippen molar-refractivity contribution in [3.8, 4) is 23.0 Å². The molecular formula is C26H27ClF2N4O6. The topological polar surface area (TPSA) is 114 Å². The van der Waals surface area contributed by atoms with Gasteiger partial charge in [0.15, 0.2) is 17.3 Å². The maximum Gasteiger partial charge on any atom is 0.487 e. The fourth-order valence-corrected chi connectivity index (χ4v) is 4.20. The molecule has 1 saturated heterocycles. The molecule has 2 aromatic carbocycles. The van der Waals surface area contributed by atoms with Crippen LogP contribution in [0.5, 0.6) is 23.0 Å². The van der Waals surface area contributed by atoms with Crippen LogP contribution < -0.4 is 34.5 Å². The van der Waals surface area contributed by atoms with Gasteiger partial charge in [-0.3, -0.25) is 4.79 Å². The molecule has 3 aromatic rings. The molecular weight excluding hydrogens is 538 g/mol. The molecule has 1 atom stereocenters. The van der Waals surface area contributed by atoms with Crippen LogP contribution in [0.1, 0.15) is 16.8 Å². The van der Waals surface area contributed by atoms with Crippen molar-refractivity contribution in [2.45, 2.75) is 18.1 Å². The second-order valence-electron chi connectivity index (χ2n) is 8.55. The molecule has 0 saturated carbocycles. The molecule has 1 aliphatic rings. The summed E-state index contributed by atoms with van der Waals surface area (Å²) in [4.78, 5) is 19.5. The lowest BCUT2D eigenvalue weighted by Gasteiger charge is -2.22.